The molecule has 3 nitrogen and oxygen atoms in total. The quantitative estimate of drug-likeness (QED) is 0.247. The summed E-state index contributed by atoms with van der Waals surface area (Å²) in [6, 6.07) is 0. The predicted octanol–water partition coefficient (Wildman–Crippen LogP) is 0.818. The van der Waals surface area contributed by atoms with Crippen LogP contribution in [0.15, 0.2) is 24.8 Å². The number of hydrogen-bond acceptors (Lipinski definition) is 3. The van der Waals surface area contributed by atoms with Crippen LogP contribution < -0.4 is 0 Å². The highest BCUT2D eigenvalue weighted by atomic mass is 16.6. The summed E-state index contributed by atoms with van der Waals surface area (Å²) in [6.45, 7) is 4.50. The van der Waals surface area contributed by atoms with Gasteiger partial charge in [0.05, 0.1) is 0 Å². The van der Waals surface area contributed by atoms with Gasteiger partial charge in [0.2, 0.25) is 0 Å². The molecule has 0 bridgehead atoms. The van der Waals surface area contributed by atoms with Gasteiger partial charge in [0.15, 0.2) is 0 Å². The second-order valence-corrected chi connectivity index (χ2v) is 1.51. The normalized spacial score (nSPS) is 9.30. The van der Waals surface area contributed by atoms with Crippen molar-refractivity contribution in [3.05, 3.63) is 24.8 Å². The number of allylic oxidation sites excluding steroid dienone is 2. The highest BCUT2D eigenvalue weighted by Gasteiger charge is 1.98. The minimum Gasteiger partial charge on any atom is -0.390 e. The molecule has 0 unspecified atom stereocenters. The molecule has 0 saturated heterocycles. The molecule has 0 aromatic carbocycles. The lowest BCUT2D eigenvalue weighted by Crippen LogP contribution is -2.04. The molecule has 10 heavy (non-hydrogen) atoms. The maximum Gasteiger partial charge on any atom is 0.338 e. The highest BCUT2D eigenvalue weighted by molar-refractivity contribution is 5.91. The zero-order valence-electron chi connectivity index (χ0n) is 5.66. The Labute approximate surface area is 59.0 Å². The SMILES string of the molecule is C=CC=CC(=O)OC(C)=O. The fraction of sp³-hybridized carbons (Fsp3) is 0.143. The Bertz CT molecular complexity index is 179. The maximum absolute atomic E-state index is 10.4. The molecule has 0 fully saturated rings. The summed E-state index contributed by atoms with van der Waals surface area (Å²) in [5.74, 6) is -1.29. The van der Waals surface area contributed by atoms with Gasteiger partial charge in [-0.1, -0.05) is 18.7 Å². The van der Waals surface area contributed by atoms with E-state index in [1.807, 2.05) is 0 Å². The fourth-order valence-electron chi connectivity index (χ4n) is 0.322. The van der Waals surface area contributed by atoms with Gasteiger partial charge in [-0.3, -0.25) is 4.79 Å². The Morgan fingerprint density at radius 1 is 1.50 bits per heavy atom. The van der Waals surface area contributed by atoms with Crippen molar-refractivity contribution in [2.75, 3.05) is 0 Å². The first-order chi connectivity index (χ1) is 4.66. The molecular weight excluding hydrogens is 132 g/mol. The molecule has 0 rings (SSSR count). The van der Waals surface area contributed by atoms with Gasteiger partial charge in [0, 0.05) is 13.0 Å². The van der Waals surface area contributed by atoms with E-state index in [0.717, 1.165) is 6.08 Å². The monoisotopic (exact) mass is 140 g/mol. The summed E-state index contributed by atoms with van der Waals surface area (Å²) in [6.07, 6.45) is 3.93. The number of carbonyl (C=O) groups excluding carboxylic acids is 2. The summed E-state index contributed by atoms with van der Waals surface area (Å²) in [5.41, 5.74) is 0. The molecule has 3 heteroatoms. The summed E-state index contributed by atoms with van der Waals surface area (Å²) in [5, 5.41) is 0. The summed E-state index contributed by atoms with van der Waals surface area (Å²) >= 11 is 0. The Hall–Kier alpha value is -1.38. The van der Waals surface area contributed by atoms with E-state index in [0.29, 0.717) is 0 Å². The van der Waals surface area contributed by atoms with E-state index in [1.165, 1.54) is 19.1 Å². The molecule has 0 radical (unpaired) electrons. The number of esters is 2. The molecule has 0 aliphatic heterocycles. The Kier molecular flexibility index (Phi) is 3.87. The second kappa shape index (κ2) is 4.49. The molecule has 0 N–H and O–H groups in total. The van der Waals surface area contributed by atoms with E-state index in [-0.39, 0.29) is 0 Å². The first-order valence-electron chi connectivity index (χ1n) is 2.68. The van der Waals surface area contributed by atoms with Crippen molar-refractivity contribution in [2.24, 2.45) is 0 Å². The molecule has 0 aliphatic rings. The van der Waals surface area contributed by atoms with Crippen LogP contribution in [0.1, 0.15) is 6.92 Å². The molecule has 0 amide bonds. The summed E-state index contributed by atoms with van der Waals surface area (Å²) in [7, 11) is 0. The third kappa shape index (κ3) is 4.77. The summed E-state index contributed by atoms with van der Waals surface area (Å²) in [4.78, 5) is 20.5. The third-order valence-corrected chi connectivity index (χ3v) is 0.613. The minimum absolute atomic E-state index is 0.612. The van der Waals surface area contributed by atoms with Gasteiger partial charge in [0.1, 0.15) is 0 Å². The molecule has 0 aromatic heterocycles. The largest absolute Gasteiger partial charge is 0.390 e. The van der Waals surface area contributed by atoms with E-state index in [2.05, 4.69) is 11.3 Å². The number of ether oxygens (including phenoxy) is 1. The zero-order valence-corrected chi connectivity index (χ0v) is 5.66. The molecule has 0 saturated carbocycles. The minimum atomic E-state index is -0.674. The third-order valence-electron chi connectivity index (χ3n) is 0.613. The van der Waals surface area contributed by atoms with Gasteiger partial charge in [-0.25, -0.2) is 4.79 Å². The van der Waals surface area contributed by atoms with Crippen LogP contribution in [0.25, 0.3) is 0 Å². The van der Waals surface area contributed by atoms with Crippen LogP contribution in [-0.4, -0.2) is 11.9 Å². The topological polar surface area (TPSA) is 43.4 Å². The first kappa shape index (κ1) is 8.62. The van der Waals surface area contributed by atoms with E-state index >= 15 is 0 Å². The fourth-order valence-corrected chi connectivity index (χ4v) is 0.322. The van der Waals surface area contributed by atoms with Crippen LogP contribution in [0.4, 0.5) is 0 Å². The number of rotatable bonds is 2. The molecule has 54 valence electrons. The van der Waals surface area contributed by atoms with Gasteiger partial charge >= 0.3 is 11.9 Å². The van der Waals surface area contributed by atoms with Gasteiger partial charge in [-0.2, -0.15) is 0 Å². The van der Waals surface area contributed by atoms with E-state index in [9.17, 15) is 9.59 Å². The van der Waals surface area contributed by atoms with Gasteiger partial charge in [0.25, 0.3) is 0 Å². The van der Waals surface area contributed by atoms with Crippen LogP contribution in [0.3, 0.4) is 0 Å². The number of carbonyl (C=O) groups is 2. The number of hydrogen-bond donors (Lipinski definition) is 0. The standard InChI is InChI=1S/C7H8O3/c1-3-4-5-7(9)10-6(2)8/h3-5H,1H2,2H3. The van der Waals surface area contributed by atoms with Crippen LogP contribution in [0, 0.1) is 0 Å². The first-order valence-corrected chi connectivity index (χ1v) is 2.68. The van der Waals surface area contributed by atoms with Gasteiger partial charge < -0.3 is 4.74 Å². The van der Waals surface area contributed by atoms with E-state index in [1.54, 1.807) is 0 Å². The van der Waals surface area contributed by atoms with Crippen molar-refractivity contribution in [1.29, 1.82) is 0 Å². The summed E-state index contributed by atoms with van der Waals surface area (Å²) < 4.78 is 4.14. The Balaban J connectivity index is 3.75. The lowest BCUT2D eigenvalue weighted by Gasteiger charge is -1.90. The highest BCUT2D eigenvalue weighted by Crippen LogP contribution is 1.82. The lowest BCUT2D eigenvalue weighted by atomic mass is 10.5. The molecule has 0 atom stereocenters. The van der Waals surface area contributed by atoms with Crippen molar-refractivity contribution < 1.29 is 14.3 Å². The maximum atomic E-state index is 10.4. The van der Waals surface area contributed by atoms with Gasteiger partial charge in [-0.05, 0) is 0 Å². The second-order valence-electron chi connectivity index (χ2n) is 1.51. The molecular formula is C7H8O3. The van der Waals surface area contributed by atoms with Crippen molar-refractivity contribution in [3.8, 4) is 0 Å². The smallest absolute Gasteiger partial charge is 0.338 e. The van der Waals surface area contributed by atoms with Crippen molar-refractivity contribution >= 4 is 11.9 Å². The van der Waals surface area contributed by atoms with Crippen molar-refractivity contribution in [2.45, 2.75) is 6.92 Å². The predicted molar refractivity (Wildman–Crippen MR) is 36.1 cm³/mol. The molecule has 0 aromatic rings. The van der Waals surface area contributed by atoms with Crippen LogP contribution in [0.5, 0.6) is 0 Å². The van der Waals surface area contributed by atoms with Crippen molar-refractivity contribution in [3.63, 3.8) is 0 Å². The van der Waals surface area contributed by atoms with Gasteiger partial charge in [-0.15, -0.1) is 0 Å². The lowest BCUT2D eigenvalue weighted by molar-refractivity contribution is -0.154. The van der Waals surface area contributed by atoms with E-state index < -0.39 is 11.9 Å². The van der Waals surface area contributed by atoms with E-state index in [4.69, 9.17) is 0 Å². The average molecular weight is 140 g/mol. The average Bonchev–Trinajstić information content (AvgIpc) is 1.82. The molecule has 0 spiro atoms. The Morgan fingerprint density at radius 2 is 2.10 bits per heavy atom. The van der Waals surface area contributed by atoms with Crippen LogP contribution >= 0.6 is 0 Å². The van der Waals surface area contributed by atoms with Crippen LogP contribution in [-0.2, 0) is 14.3 Å². The Morgan fingerprint density at radius 3 is 2.50 bits per heavy atom. The molecule has 0 aliphatic carbocycles. The van der Waals surface area contributed by atoms with Crippen molar-refractivity contribution in [1.82, 2.24) is 0 Å². The van der Waals surface area contributed by atoms with Crippen LogP contribution in [0.2, 0.25) is 0 Å². The molecule has 0 heterocycles. The zero-order chi connectivity index (χ0) is 7.98.